The molecule has 0 aromatic heterocycles. The van der Waals surface area contributed by atoms with Crippen molar-refractivity contribution in [2.75, 3.05) is 0 Å². The molecule has 1 aliphatic heterocycles. The first-order chi connectivity index (χ1) is 12.4. The predicted molar refractivity (Wildman–Crippen MR) is 96.0 cm³/mol. The number of benzene rings is 2. The van der Waals surface area contributed by atoms with Crippen LogP contribution in [0.15, 0.2) is 59.8 Å². The summed E-state index contributed by atoms with van der Waals surface area (Å²) in [5.74, 6) is -0.303. The topological polar surface area (TPSA) is 101 Å². The molecule has 2 N–H and O–H groups in total. The van der Waals surface area contributed by atoms with E-state index in [9.17, 15) is 19.7 Å². The van der Waals surface area contributed by atoms with Crippen LogP contribution in [0, 0.1) is 10.1 Å². The molecule has 0 saturated heterocycles. The van der Waals surface area contributed by atoms with Crippen molar-refractivity contribution < 1.29 is 14.5 Å². The van der Waals surface area contributed by atoms with Crippen LogP contribution in [0.2, 0.25) is 5.02 Å². The number of ketones is 1. The maximum atomic E-state index is 13.0. The van der Waals surface area contributed by atoms with Gasteiger partial charge < -0.3 is 10.6 Å². The second-order valence-corrected chi connectivity index (χ2v) is 6.19. The number of urea groups is 1. The fourth-order valence-electron chi connectivity index (χ4n) is 2.82. The Bertz CT molecular complexity index is 938. The molecule has 1 aliphatic rings. The number of nitro benzene ring substituents is 1. The number of carbonyl (C=O) groups is 2. The average molecular weight is 372 g/mol. The minimum atomic E-state index is -0.799. The molecule has 2 aromatic rings. The molecule has 26 heavy (non-hydrogen) atoms. The van der Waals surface area contributed by atoms with Gasteiger partial charge in [0.25, 0.3) is 5.69 Å². The first-order valence-electron chi connectivity index (χ1n) is 7.69. The number of Topliss-reactive ketones (excluding diaryl/α,β-unsaturated/α-hetero) is 1. The van der Waals surface area contributed by atoms with Gasteiger partial charge in [0.15, 0.2) is 5.78 Å². The molecule has 0 spiro atoms. The highest BCUT2D eigenvalue weighted by atomic mass is 35.5. The van der Waals surface area contributed by atoms with Gasteiger partial charge in [-0.3, -0.25) is 14.9 Å². The summed E-state index contributed by atoms with van der Waals surface area (Å²) in [6.45, 7) is 1.62. The van der Waals surface area contributed by atoms with Crippen LogP contribution >= 0.6 is 11.6 Å². The SMILES string of the molecule is CC1=C(C(=O)c2ccc(Cl)cc2)C(c2cccc([N+](=O)[O-])c2)NC(=O)N1. The van der Waals surface area contributed by atoms with E-state index in [1.165, 1.54) is 18.2 Å². The van der Waals surface area contributed by atoms with Crippen LogP contribution in [0.4, 0.5) is 10.5 Å². The van der Waals surface area contributed by atoms with Gasteiger partial charge >= 0.3 is 6.03 Å². The number of allylic oxidation sites excluding steroid dienone is 1. The first-order valence-corrected chi connectivity index (χ1v) is 8.07. The summed E-state index contributed by atoms with van der Waals surface area (Å²) >= 11 is 5.87. The molecule has 0 radical (unpaired) electrons. The van der Waals surface area contributed by atoms with Crippen molar-refractivity contribution in [2.24, 2.45) is 0 Å². The quantitative estimate of drug-likeness (QED) is 0.485. The molecule has 0 aliphatic carbocycles. The largest absolute Gasteiger partial charge is 0.327 e. The molecule has 0 bridgehead atoms. The molecule has 8 heteroatoms. The van der Waals surface area contributed by atoms with Gasteiger partial charge in [0.2, 0.25) is 0 Å². The summed E-state index contributed by atoms with van der Waals surface area (Å²) in [6.07, 6.45) is 0. The van der Waals surface area contributed by atoms with E-state index in [1.54, 1.807) is 37.3 Å². The lowest BCUT2D eigenvalue weighted by atomic mass is 9.89. The van der Waals surface area contributed by atoms with Gasteiger partial charge in [-0.25, -0.2) is 4.79 Å². The zero-order chi connectivity index (χ0) is 18.8. The summed E-state index contributed by atoms with van der Waals surface area (Å²) < 4.78 is 0. The van der Waals surface area contributed by atoms with E-state index in [0.717, 1.165) is 0 Å². The fraction of sp³-hybridized carbons (Fsp3) is 0.111. The summed E-state index contributed by atoms with van der Waals surface area (Å²) in [5, 5.41) is 16.8. The Morgan fingerprint density at radius 3 is 2.54 bits per heavy atom. The van der Waals surface area contributed by atoms with E-state index < -0.39 is 17.0 Å². The number of rotatable bonds is 4. The summed E-state index contributed by atoms with van der Waals surface area (Å²) in [5.41, 5.74) is 1.44. The maximum Gasteiger partial charge on any atom is 0.319 e. The van der Waals surface area contributed by atoms with Crippen molar-refractivity contribution >= 4 is 29.1 Å². The zero-order valence-electron chi connectivity index (χ0n) is 13.7. The second kappa shape index (κ2) is 6.97. The summed E-state index contributed by atoms with van der Waals surface area (Å²) in [7, 11) is 0. The standard InChI is InChI=1S/C18H14ClN3O4/c1-10-15(17(23)11-5-7-13(19)8-6-11)16(21-18(24)20-10)12-3-2-4-14(9-12)22(25)26/h2-9,16H,1H3,(H2,20,21,24). The third kappa shape index (κ3) is 3.43. The molecule has 3 rings (SSSR count). The Morgan fingerprint density at radius 1 is 1.19 bits per heavy atom. The number of amides is 2. The highest BCUT2D eigenvalue weighted by Gasteiger charge is 2.32. The average Bonchev–Trinajstić information content (AvgIpc) is 2.61. The molecule has 0 fully saturated rings. The first kappa shape index (κ1) is 17.6. The number of nitrogens with one attached hydrogen (secondary N) is 2. The normalized spacial score (nSPS) is 16.7. The molecule has 2 amide bonds. The molecule has 1 heterocycles. The van der Waals surface area contributed by atoms with Crippen LogP contribution in [-0.4, -0.2) is 16.7 Å². The van der Waals surface area contributed by atoms with E-state index >= 15 is 0 Å². The lowest BCUT2D eigenvalue weighted by Crippen LogP contribution is -2.45. The zero-order valence-corrected chi connectivity index (χ0v) is 14.4. The number of halogens is 1. The molecule has 0 saturated carbocycles. The number of nitro groups is 1. The maximum absolute atomic E-state index is 13.0. The summed E-state index contributed by atoms with van der Waals surface area (Å²) in [4.78, 5) is 35.4. The number of nitrogens with zero attached hydrogens (tertiary/aromatic N) is 1. The minimum Gasteiger partial charge on any atom is -0.327 e. The van der Waals surface area contributed by atoms with E-state index in [0.29, 0.717) is 27.4 Å². The Morgan fingerprint density at radius 2 is 1.88 bits per heavy atom. The van der Waals surface area contributed by atoms with Gasteiger partial charge in [0.05, 0.1) is 11.0 Å². The molecular weight excluding hydrogens is 358 g/mol. The highest BCUT2D eigenvalue weighted by Crippen LogP contribution is 2.31. The van der Waals surface area contributed by atoms with Gasteiger partial charge in [-0.15, -0.1) is 0 Å². The molecule has 132 valence electrons. The molecule has 2 aromatic carbocycles. The van der Waals surface area contributed by atoms with Gasteiger partial charge in [0, 0.05) is 34.0 Å². The van der Waals surface area contributed by atoms with Crippen molar-refractivity contribution in [3.05, 3.63) is 86.1 Å². The van der Waals surface area contributed by atoms with Gasteiger partial charge in [-0.05, 0) is 36.8 Å². The van der Waals surface area contributed by atoms with Crippen LogP contribution in [0.25, 0.3) is 0 Å². The van der Waals surface area contributed by atoms with E-state index in [-0.39, 0.29) is 11.5 Å². The van der Waals surface area contributed by atoms with E-state index in [4.69, 9.17) is 11.6 Å². The van der Waals surface area contributed by atoms with Crippen LogP contribution in [0.3, 0.4) is 0 Å². The second-order valence-electron chi connectivity index (χ2n) is 5.76. The van der Waals surface area contributed by atoms with Crippen molar-refractivity contribution in [2.45, 2.75) is 13.0 Å². The van der Waals surface area contributed by atoms with Gasteiger partial charge in [-0.1, -0.05) is 23.7 Å². The van der Waals surface area contributed by atoms with Gasteiger partial charge in [0.1, 0.15) is 0 Å². The number of hydrogen-bond donors (Lipinski definition) is 2. The highest BCUT2D eigenvalue weighted by molar-refractivity contribution is 6.30. The lowest BCUT2D eigenvalue weighted by Gasteiger charge is -2.28. The molecule has 1 unspecified atom stereocenters. The van der Waals surface area contributed by atoms with Crippen molar-refractivity contribution in [1.82, 2.24) is 10.6 Å². The van der Waals surface area contributed by atoms with Gasteiger partial charge in [-0.2, -0.15) is 0 Å². The van der Waals surface area contributed by atoms with Crippen molar-refractivity contribution in [3.8, 4) is 0 Å². The van der Waals surface area contributed by atoms with Crippen molar-refractivity contribution in [3.63, 3.8) is 0 Å². The minimum absolute atomic E-state index is 0.119. The number of hydrogen-bond acceptors (Lipinski definition) is 4. The molecule has 7 nitrogen and oxygen atoms in total. The van der Waals surface area contributed by atoms with E-state index in [2.05, 4.69) is 10.6 Å². The summed E-state index contributed by atoms with van der Waals surface area (Å²) in [6, 6.07) is 10.9. The Balaban J connectivity index is 2.07. The third-order valence-corrected chi connectivity index (χ3v) is 4.29. The Labute approximate surface area is 153 Å². The third-order valence-electron chi connectivity index (χ3n) is 4.03. The van der Waals surface area contributed by atoms with E-state index in [1.807, 2.05) is 0 Å². The fourth-order valence-corrected chi connectivity index (χ4v) is 2.95. The number of carbonyl (C=O) groups excluding carboxylic acids is 2. The Kier molecular flexibility index (Phi) is 4.73. The van der Waals surface area contributed by atoms with Crippen LogP contribution in [0.5, 0.6) is 0 Å². The van der Waals surface area contributed by atoms with Crippen molar-refractivity contribution in [1.29, 1.82) is 0 Å². The Hall–Kier alpha value is -3.19. The van der Waals surface area contributed by atoms with Crippen LogP contribution in [-0.2, 0) is 0 Å². The monoisotopic (exact) mass is 371 g/mol. The van der Waals surface area contributed by atoms with Crippen LogP contribution < -0.4 is 10.6 Å². The predicted octanol–water partition coefficient (Wildman–Crippen LogP) is 3.76. The molecular formula is C18H14ClN3O4. The molecule has 1 atom stereocenters. The smallest absolute Gasteiger partial charge is 0.319 e. The lowest BCUT2D eigenvalue weighted by molar-refractivity contribution is -0.384. The number of non-ortho nitro benzene ring substituents is 1. The van der Waals surface area contributed by atoms with Crippen LogP contribution in [0.1, 0.15) is 28.9 Å².